The van der Waals surface area contributed by atoms with Gasteiger partial charge >= 0.3 is 0 Å². The van der Waals surface area contributed by atoms with Gasteiger partial charge in [0.05, 0.1) is 12.3 Å². The number of nitrogens with zero attached hydrogens (tertiary/aromatic N) is 2. The van der Waals surface area contributed by atoms with E-state index in [2.05, 4.69) is 11.2 Å². The molecule has 17 heavy (non-hydrogen) atoms. The van der Waals surface area contributed by atoms with Gasteiger partial charge in [-0.3, -0.25) is 4.68 Å². The van der Waals surface area contributed by atoms with Crippen molar-refractivity contribution in [1.29, 1.82) is 0 Å². The van der Waals surface area contributed by atoms with E-state index in [0.29, 0.717) is 6.61 Å². The van der Waals surface area contributed by atoms with Gasteiger partial charge in [-0.2, -0.15) is 5.10 Å². The number of ether oxygens (including phenoxy) is 1. The van der Waals surface area contributed by atoms with Crippen LogP contribution in [0, 0.1) is 0 Å². The van der Waals surface area contributed by atoms with E-state index in [4.69, 9.17) is 10.5 Å². The molecule has 0 amide bonds. The van der Waals surface area contributed by atoms with E-state index in [9.17, 15) is 0 Å². The predicted molar refractivity (Wildman–Crippen MR) is 69.0 cm³/mol. The molecule has 2 N–H and O–H groups in total. The van der Waals surface area contributed by atoms with Crippen LogP contribution in [0.2, 0.25) is 0 Å². The Bertz CT molecular complexity index is 450. The van der Waals surface area contributed by atoms with Gasteiger partial charge in [0.15, 0.2) is 0 Å². The highest BCUT2D eigenvalue weighted by Crippen LogP contribution is 2.28. The van der Waals surface area contributed by atoms with Crippen molar-refractivity contribution in [1.82, 2.24) is 9.78 Å². The third kappa shape index (κ3) is 2.94. The summed E-state index contributed by atoms with van der Waals surface area (Å²) in [6.45, 7) is 2.47. The lowest BCUT2D eigenvalue weighted by Crippen LogP contribution is -2.24. The molecule has 2 rings (SSSR count). The first kappa shape index (κ1) is 12.3. The fourth-order valence-electron chi connectivity index (χ4n) is 1.64. The maximum atomic E-state index is 5.90. The molecule has 2 aromatic heterocycles. The van der Waals surface area contributed by atoms with Crippen molar-refractivity contribution in [2.45, 2.75) is 19.1 Å². The average molecular weight is 251 g/mol. The maximum Gasteiger partial charge on any atom is 0.133 e. The van der Waals surface area contributed by atoms with Crippen LogP contribution < -0.4 is 5.73 Å². The van der Waals surface area contributed by atoms with Gasteiger partial charge in [-0.1, -0.05) is 6.07 Å². The molecule has 0 fully saturated rings. The predicted octanol–water partition coefficient (Wildman–Crippen LogP) is 1.93. The van der Waals surface area contributed by atoms with Gasteiger partial charge in [-0.15, -0.1) is 11.3 Å². The Morgan fingerprint density at radius 2 is 2.35 bits per heavy atom. The van der Waals surface area contributed by atoms with Crippen molar-refractivity contribution in [2.75, 3.05) is 6.61 Å². The summed E-state index contributed by atoms with van der Waals surface area (Å²) in [5, 5.41) is 6.23. The monoisotopic (exact) mass is 251 g/mol. The van der Waals surface area contributed by atoms with E-state index in [1.54, 1.807) is 17.5 Å². The Balaban J connectivity index is 2.22. The highest BCUT2D eigenvalue weighted by Gasteiger charge is 2.19. The highest BCUT2D eigenvalue weighted by molar-refractivity contribution is 7.10. The van der Waals surface area contributed by atoms with Crippen LogP contribution in [0.3, 0.4) is 0 Å². The Morgan fingerprint density at radius 3 is 2.88 bits per heavy atom. The van der Waals surface area contributed by atoms with Gasteiger partial charge in [-0.05, 0) is 24.4 Å². The van der Waals surface area contributed by atoms with Crippen LogP contribution >= 0.6 is 11.3 Å². The standard InChI is InChI=1S/C12H17N3OS/c1-9(13)8-16-12(11-4-3-7-17-11)10-5-6-14-15(10)2/h3-7,9,12H,8,13H2,1-2H3. The summed E-state index contributed by atoms with van der Waals surface area (Å²) in [6, 6.07) is 6.11. The fraction of sp³-hybridized carbons (Fsp3) is 0.417. The Hall–Kier alpha value is -1.17. The summed E-state index contributed by atoms with van der Waals surface area (Å²) in [6.07, 6.45) is 1.71. The molecule has 0 saturated heterocycles. The molecule has 0 aliphatic carbocycles. The van der Waals surface area contributed by atoms with E-state index in [0.717, 1.165) is 5.69 Å². The number of aromatic nitrogens is 2. The Kier molecular flexibility index (Phi) is 3.93. The fourth-order valence-corrected chi connectivity index (χ4v) is 2.43. The van der Waals surface area contributed by atoms with Gasteiger partial charge in [0.25, 0.3) is 0 Å². The highest BCUT2D eigenvalue weighted by atomic mass is 32.1. The van der Waals surface area contributed by atoms with E-state index >= 15 is 0 Å². The van der Waals surface area contributed by atoms with Gasteiger partial charge in [0, 0.05) is 24.2 Å². The molecule has 2 atom stereocenters. The van der Waals surface area contributed by atoms with E-state index in [1.165, 1.54) is 4.88 Å². The molecule has 0 aliphatic heterocycles. The zero-order chi connectivity index (χ0) is 12.3. The lowest BCUT2D eigenvalue weighted by Gasteiger charge is -2.18. The largest absolute Gasteiger partial charge is 0.365 e. The summed E-state index contributed by atoms with van der Waals surface area (Å²) in [5.74, 6) is 0. The topological polar surface area (TPSA) is 53.1 Å². The number of nitrogens with two attached hydrogens (primary N) is 1. The molecule has 5 heteroatoms. The second-order valence-corrected chi connectivity index (χ2v) is 5.07. The minimum absolute atomic E-state index is 0.0330. The number of rotatable bonds is 5. The Labute approximate surface area is 105 Å². The number of hydrogen-bond acceptors (Lipinski definition) is 4. The zero-order valence-electron chi connectivity index (χ0n) is 10.0. The second-order valence-electron chi connectivity index (χ2n) is 4.09. The van der Waals surface area contributed by atoms with Crippen molar-refractivity contribution < 1.29 is 4.74 Å². The first-order valence-electron chi connectivity index (χ1n) is 5.57. The summed E-state index contributed by atoms with van der Waals surface area (Å²) in [5.41, 5.74) is 6.79. The molecule has 0 aromatic carbocycles. The smallest absolute Gasteiger partial charge is 0.133 e. The molecule has 2 heterocycles. The lowest BCUT2D eigenvalue weighted by atomic mass is 10.2. The number of aryl methyl sites for hydroxylation is 1. The molecule has 0 saturated carbocycles. The summed E-state index contributed by atoms with van der Waals surface area (Å²) < 4.78 is 7.74. The van der Waals surface area contributed by atoms with Crippen LogP contribution in [-0.4, -0.2) is 22.4 Å². The van der Waals surface area contributed by atoms with Gasteiger partial charge in [0.1, 0.15) is 6.10 Å². The molecule has 2 unspecified atom stereocenters. The van der Waals surface area contributed by atoms with Crippen molar-refractivity contribution >= 4 is 11.3 Å². The van der Waals surface area contributed by atoms with Crippen LogP contribution in [0.25, 0.3) is 0 Å². The van der Waals surface area contributed by atoms with Crippen LogP contribution in [0.4, 0.5) is 0 Å². The average Bonchev–Trinajstić information content (AvgIpc) is 2.91. The third-order valence-corrected chi connectivity index (χ3v) is 3.37. The van der Waals surface area contributed by atoms with Crippen LogP contribution in [0.1, 0.15) is 23.6 Å². The van der Waals surface area contributed by atoms with Crippen LogP contribution in [-0.2, 0) is 11.8 Å². The van der Waals surface area contributed by atoms with E-state index < -0.39 is 0 Å². The third-order valence-electron chi connectivity index (χ3n) is 2.45. The van der Waals surface area contributed by atoms with Crippen LogP contribution in [0.5, 0.6) is 0 Å². The van der Waals surface area contributed by atoms with Gasteiger partial charge in [0.2, 0.25) is 0 Å². The van der Waals surface area contributed by atoms with E-state index in [1.807, 2.05) is 36.2 Å². The van der Waals surface area contributed by atoms with Crippen molar-refractivity contribution in [3.05, 3.63) is 40.3 Å². The van der Waals surface area contributed by atoms with Crippen molar-refractivity contribution in [3.8, 4) is 0 Å². The minimum Gasteiger partial charge on any atom is -0.365 e. The minimum atomic E-state index is -0.0755. The van der Waals surface area contributed by atoms with E-state index in [-0.39, 0.29) is 12.1 Å². The summed E-state index contributed by atoms with van der Waals surface area (Å²) in [7, 11) is 1.92. The zero-order valence-corrected chi connectivity index (χ0v) is 10.9. The maximum absolute atomic E-state index is 5.90. The molecule has 2 aromatic rings. The van der Waals surface area contributed by atoms with Crippen molar-refractivity contribution in [3.63, 3.8) is 0 Å². The summed E-state index contributed by atoms with van der Waals surface area (Å²) >= 11 is 1.68. The van der Waals surface area contributed by atoms with Crippen molar-refractivity contribution in [2.24, 2.45) is 12.8 Å². The second kappa shape index (κ2) is 5.44. The normalized spacial score (nSPS) is 14.8. The molecule has 92 valence electrons. The first-order chi connectivity index (χ1) is 8.18. The molecule has 0 radical (unpaired) electrons. The summed E-state index contributed by atoms with van der Waals surface area (Å²) in [4.78, 5) is 1.18. The molecule has 4 nitrogen and oxygen atoms in total. The molecular formula is C12H17N3OS. The van der Waals surface area contributed by atoms with Crippen LogP contribution in [0.15, 0.2) is 29.8 Å². The van der Waals surface area contributed by atoms with Gasteiger partial charge in [-0.25, -0.2) is 0 Å². The number of thiophene rings is 1. The molecule has 0 spiro atoms. The molecular weight excluding hydrogens is 234 g/mol. The molecule has 0 aliphatic rings. The van der Waals surface area contributed by atoms with Gasteiger partial charge < -0.3 is 10.5 Å². The SMILES string of the molecule is CC(N)COC(c1cccs1)c1ccnn1C. The molecule has 0 bridgehead atoms. The Morgan fingerprint density at radius 1 is 1.53 bits per heavy atom. The first-order valence-corrected chi connectivity index (χ1v) is 6.45. The quantitative estimate of drug-likeness (QED) is 0.883. The number of hydrogen-bond donors (Lipinski definition) is 1. The lowest BCUT2D eigenvalue weighted by molar-refractivity contribution is 0.0694.